The first-order valence-electron chi connectivity index (χ1n) is 11.4. The average molecular weight is 543 g/mol. The van der Waals surface area contributed by atoms with E-state index in [1.165, 1.54) is 19.3 Å². The summed E-state index contributed by atoms with van der Waals surface area (Å²) >= 11 is 0. The van der Waals surface area contributed by atoms with Gasteiger partial charge in [0.15, 0.2) is 5.96 Å². The minimum atomic E-state index is 0. The van der Waals surface area contributed by atoms with Crippen LogP contribution in [0.2, 0.25) is 0 Å². The Labute approximate surface area is 203 Å². The topological polar surface area (TPSA) is 83.5 Å². The van der Waals surface area contributed by atoms with E-state index in [4.69, 9.17) is 9.41 Å². The number of hydrogen-bond donors (Lipinski definition) is 2. The summed E-state index contributed by atoms with van der Waals surface area (Å²) in [5.74, 6) is 2.86. The molecule has 0 bridgehead atoms. The number of furan rings is 1. The number of nitrogens with zero attached hydrogens (tertiary/aromatic N) is 5. The zero-order valence-corrected chi connectivity index (χ0v) is 21.4. The molecule has 9 heteroatoms. The number of aromatic nitrogens is 3. The van der Waals surface area contributed by atoms with Gasteiger partial charge in [0.2, 0.25) is 0 Å². The minimum absolute atomic E-state index is 0. The number of hydrogen-bond acceptors (Lipinski definition) is 5. The summed E-state index contributed by atoms with van der Waals surface area (Å²) in [6, 6.07) is 4.58. The molecule has 3 heterocycles. The molecule has 2 N–H and O–H groups in total. The van der Waals surface area contributed by atoms with Crippen LogP contribution in [-0.2, 0) is 13.0 Å². The van der Waals surface area contributed by atoms with E-state index < -0.39 is 0 Å². The SMILES string of the molecule is CCc1nncn1CCNC(=NCC(c1ccco1)N1CCCCC1)NC(C)CC.I. The van der Waals surface area contributed by atoms with Crippen LogP contribution in [0.1, 0.15) is 64.1 Å². The van der Waals surface area contributed by atoms with Crippen molar-refractivity contribution in [2.75, 3.05) is 26.2 Å². The number of guanidine groups is 1. The van der Waals surface area contributed by atoms with Gasteiger partial charge >= 0.3 is 0 Å². The van der Waals surface area contributed by atoms with E-state index in [-0.39, 0.29) is 30.0 Å². The molecular weight excluding hydrogens is 505 g/mol. The Hall–Kier alpha value is -1.62. The number of halogens is 1. The van der Waals surface area contributed by atoms with Gasteiger partial charge in [-0.05, 0) is 51.4 Å². The fourth-order valence-corrected chi connectivity index (χ4v) is 3.80. The quantitative estimate of drug-likeness (QED) is 0.271. The van der Waals surface area contributed by atoms with E-state index in [1.807, 2.05) is 6.07 Å². The lowest BCUT2D eigenvalue weighted by Crippen LogP contribution is -2.44. The van der Waals surface area contributed by atoms with Crippen molar-refractivity contribution in [3.63, 3.8) is 0 Å². The van der Waals surface area contributed by atoms with E-state index in [2.05, 4.69) is 57.1 Å². The van der Waals surface area contributed by atoms with Gasteiger partial charge in [0.05, 0.1) is 18.8 Å². The summed E-state index contributed by atoms with van der Waals surface area (Å²) in [5.41, 5.74) is 0. The minimum Gasteiger partial charge on any atom is -0.468 e. The van der Waals surface area contributed by atoms with Crippen LogP contribution in [0.4, 0.5) is 0 Å². The van der Waals surface area contributed by atoms with Gasteiger partial charge in [-0.1, -0.05) is 20.3 Å². The number of piperidine rings is 1. The molecule has 2 unspecified atom stereocenters. The van der Waals surface area contributed by atoms with Crippen molar-refractivity contribution in [1.29, 1.82) is 0 Å². The molecule has 0 spiro atoms. The van der Waals surface area contributed by atoms with Crippen LogP contribution in [0.5, 0.6) is 0 Å². The highest BCUT2D eigenvalue weighted by Gasteiger charge is 2.24. The van der Waals surface area contributed by atoms with Crippen molar-refractivity contribution >= 4 is 29.9 Å². The maximum absolute atomic E-state index is 5.77. The Morgan fingerprint density at radius 2 is 2.06 bits per heavy atom. The smallest absolute Gasteiger partial charge is 0.191 e. The molecule has 1 fully saturated rings. The third kappa shape index (κ3) is 7.78. The van der Waals surface area contributed by atoms with E-state index in [0.717, 1.165) is 56.6 Å². The maximum atomic E-state index is 5.77. The average Bonchev–Trinajstić information content (AvgIpc) is 3.46. The highest BCUT2D eigenvalue weighted by atomic mass is 127. The lowest BCUT2D eigenvalue weighted by Gasteiger charge is -2.32. The second-order valence-corrected chi connectivity index (χ2v) is 7.99. The molecule has 8 nitrogen and oxygen atoms in total. The van der Waals surface area contributed by atoms with Crippen LogP contribution < -0.4 is 10.6 Å². The van der Waals surface area contributed by atoms with Crippen LogP contribution in [0.3, 0.4) is 0 Å². The fraction of sp³-hybridized carbons (Fsp3) is 0.682. The molecule has 3 rings (SSSR count). The lowest BCUT2D eigenvalue weighted by molar-refractivity contribution is 0.150. The Morgan fingerprint density at radius 3 is 2.74 bits per heavy atom. The molecular formula is C22H38IN7O. The van der Waals surface area contributed by atoms with Crippen molar-refractivity contribution in [2.24, 2.45) is 4.99 Å². The number of aliphatic imine (C=N–C) groups is 1. The van der Waals surface area contributed by atoms with E-state index in [9.17, 15) is 0 Å². The summed E-state index contributed by atoms with van der Waals surface area (Å²) < 4.78 is 7.86. The summed E-state index contributed by atoms with van der Waals surface area (Å²) in [7, 11) is 0. The van der Waals surface area contributed by atoms with E-state index in [0.29, 0.717) is 12.6 Å². The monoisotopic (exact) mass is 543 g/mol. The Kier molecular flexibility index (Phi) is 11.3. The molecule has 0 radical (unpaired) electrons. The predicted molar refractivity (Wildman–Crippen MR) is 135 cm³/mol. The summed E-state index contributed by atoms with van der Waals surface area (Å²) in [5, 5.41) is 15.2. The van der Waals surface area contributed by atoms with Crippen LogP contribution in [0.25, 0.3) is 0 Å². The Balaban J connectivity index is 0.00000341. The van der Waals surface area contributed by atoms with Crippen LogP contribution >= 0.6 is 24.0 Å². The zero-order valence-electron chi connectivity index (χ0n) is 19.1. The van der Waals surface area contributed by atoms with Gasteiger partial charge in [0, 0.05) is 25.6 Å². The molecule has 1 aliphatic heterocycles. The molecule has 2 aromatic rings. The second kappa shape index (κ2) is 13.7. The molecule has 2 atom stereocenters. The van der Waals surface area contributed by atoms with Crippen molar-refractivity contribution in [3.8, 4) is 0 Å². The molecule has 174 valence electrons. The predicted octanol–water partition coefficient (Wildman–Crippen LogP) is 3.61. The van der Waals surface area contributed by atoms with Crippen LogP contribution in [-0.4, -0.2) is 57.8 Å². The zero-order chi connectivity index (χ0) is 21.2. The fourth-order valence-electron chi connectivity index (χ4n) is 3.80. The summed E-state index contributed by atoms with van der Waals surface area (Å²) in [4.78, 5) is 7.47. The van der Waals surface area contributed by atoms with Crippen molar-refractivity contribution in [1.82, 2.24) is 30.3 Å². The van der Waals surface area contributed by atoms with E-state index in [1.54, 1.807) is 12.6 Å². The highest BCUT2D eigenvalue weighted by Crippen LogP contribution is 2.25. The van der Waals surface area contributed by atoms with Crippen LogP contribution in [0.15, 0.2) is 34.1 Å². The number of rotatable bonds is 10. The van der Waals surface area contributed by atoms with Crippen molar-refractivity contribution in [3.05, 3.63) is 36.3 Å². The molecule has 0 aromatic carbocycles. The molecule has 1 saturated heterocycles. The van der Waals surface area contributed by atoms with Crippen molar-refractivity contribution < 1.29 is 4.42 Å². The molecule has 0 amide bonds. The van der Waals surface area contributed by atoms with Gasteiger partial charge in [0.25, 0.3) is 0 Å². The number of nitrogens with one attached hydrogen (secondary N) is 2. The highest BCUT2D eigenvalue weighted by molar-refractivity contribution is 14.0. The number of likely N-dealkylation sites (tertiary alicyclic amines) is 1. The van der Waals surface area contributed by atoms with Gasteiger partial charge < -0.3 is 19.6 Å². The molecule has 31 heavy (non-hydrogen) atoms. The largest absolute Gasteiger partial charge is 0.468 e. The Morgan fingerprint density at radius 1 is 1.26 bits per heavy atom. The first kappa shape index (κ1) is 25.6. The van der Waals surface area contributed by atoms with Gasteiger partial charge in [-0.15, -0.1) is 34.2 Å². The molecule has 2 aromatic heterocycles. The van der Waals surface area contributed by atoms with Gasteiger partial charge in [0.1, 0.15) is 17.9 Å². The number of aryl methyl sites for hydroxylation is 1. The van der Waals surface area contributed by atoms with Gasteiger partial charge in [-0.3, -0.25) is 9.89 Å². The second-order valence-electron chi connectivity index (χ2n) is 7.99. The summed E-state index contributed by atoms with van der Waals surface area (Å²) in [6.07, 6.45) is 9.29. The molecule has 0 aliphatic carbocycles. The Bertz CT molecular complexity index is 756. The normalized spacial score (nSPS) is 17.1. The lowest BCUT2D eigenvalue weighted by atomic mass is 10.1. The van der Waals surface area contributed by atoms with Gasteiger partial charge in [-0.2, -0.15) is 0 Å². The third-order valence-electron chi connectivity index (χ3n) is 5.78. The van der Waals surface area contributed by atoms with Crippen molar-refractivity contribution in [2.45, 2.75) is 71.5 Å². The first-order chi connectivity index (χ1) is 14.7. The molecule has 1 aliphatic rings. The van der Waals surface area contributed by atoms with Crippen LogP contribution in [0, 0.1) is 0 Å². The maximum Gasteiger partial charge on any atom is 0.191 e. The third-order valence-corrected chi connectivity index (χ3v) is 5.78. The first-order valence-corrected chi connectivity index (χ1v) is 11.4. The standard InChI is InChI=1S/C22H37N7O.HI/c1-4-18(3)26-22(23-11-14-29-17-25-27-21(29)5-2)24-16-19(20-10-9-15-30-20)28-12-7-6-8-13-28;/h9-10,15,17-19H,4-8,11-14,16H2,1-3H3,(H2,23,24,26);1H. The van der Waals surface area contributed by atoms with E-state index >= 15 is 0 Å². The molecule has 0 saturated carbocycles. The summed E-state index contributed by atoms with van der Waals surface area (Å²) in [6.45, 7) is 10.9. The van der Waals surface area contributed by atoms with Gasteiger partial charge in [-0.25, -0.2) is 0 Å².